The number of piperidine rings is 1. The standard InChI is InChI=1S/C19H32N4O2/c1-5-22(6-2)16-7-12-25-19(14-16)8-10-23(11-9-19)18(24)17-13-15(3)21(4)20-17/h13,16H,5-12,14H2,1-4H3. The highest BCUT2D eigenvalue weighted by molar-refractivity contribution is 5.92. The summed E-state index contributed by atoms with van der Waals surface area (Å²) in [6.07, 6.45) is 4.09. The van der Waals surface area contributed by atoms with Crippen molar-refractivity contribution in [2.24, 2.45) is 7.05 Å². The van der Waals surface area contributed by atoms with E-state index in [2.05, 4.69) is 23.8 Å². The van der Waals surface area contributed by atoms with Crippen LogP contribution >= 0.6 is 0 Å². The fourth-order valence-corrected chi connectivity index (χ4v) is 4.35. The smallest absolute Gasteiger partial charge is 0.274 e. The molecule has 0 radical (unpaired) electrons. The van der Waals surface area contributed by atoms with Crippen molar-refractivity contribution < 1.29 is 9.53 Å². The molecule has 140 valence electrons. The molecule has 0 aromatic carbocycles. The van der Waals surface area contributed by atoms with Gasteiger partial charge in [-0.1, -0.05) is 13.8 Å². The van der Waals surface area contributed by atoms with Crippen molar-refractivity contribution in [1.82, 2.24) is 19.6 Å². The lowest BCUT2D eigenvalue weighted by Gasteiger charge is -2.48. The Kier molecular flexibility index (Phi) is 5.49. The number of carbonyl (C=O) groups excluding carboxylic acids is 1. The SMILES string of the molecule is CCN(CC)C1CCOC2(CCN(C(=O)c3cc(C)n(C)n3)CC2)C1. The Labute approximate surface area is 151 Å². The maximum Gasteiger partial charge on any atom is 0.274 e. The van der Waals surface area contributed by atoms with Gasteiger partial charge in [-0.05, 0) is 51.8 Å². The third-order valence-corrected chi connectivity index (χ3v) is 6.09. The van der Waals surface area contributed by atoms with E-state index in [0.29, 0.717) is 11.7 Å². The van der Waals surface area contributed by atoms with Crippen molar-refractivity contribution in [2.45, 2.75) is 58.1 Å². The van der Waals surface area contributed by atoms with Crippen LogP contribution in [0.25, 0.3) is 0 Å². The fraction of sp³-hybridized carbons (Fsp3) is 0.789. The first-order valence-electron chi connectivity index (χ1n) is 9.66. The topological polar surface area (TPSA) is 50.6 Å². The van der Waals surface area contributed by atoms with Gasteiger partial charge in [0.2, 0.25) is 0 Å². The molecule has 0 saturated carbocycles. The Morgan fingerprint density at radius 3 is 2.60 bits per heavy atom. The number of ether oxygens (including phenoxy) is 1. The summed E-state index contributed by atoms with van der Waals surface area (Å²) in [4.78, 5) is 17.2. The van der Waals surface area contributed by atoms with Gasteiger partial charge in [0.15, 0.2) is 5.69 Å². The van der Waals surface area contributed by atoms with Crippen molar-refractivity contribution >= 4 is 5.91 Å². The lowest BCUT2D eigenvalue weighted by Crippen LogP contribution is -2.54. The molecule has 1 aromatic rings. The normalized spacial score (nSPS) is 23.4. The van der Waals surface area contributed by atoms with E-state index in [-0.39, 0.29) is 11.5 Å². The van der Waals surface area contributed by atoms with Gasteiger partial charge in [-0.15, -0.1) is 0 Å². The van der Waals surface area contributed by atoms with E-state index >= 15 is 0 Å². The van der Waals surface area contributed by atoms with Crippen LogP contribution in [-0.2, 0) is 11.8 Å². The van der Waals surface area contributed by atoms with Gasteiger partial charge in [0, 0.05) is 38.5 Å². The Bertz CT molecular complexity index is 581. The van der Waals surface area contributed by atoms with Crippen molar-refractivity contribution in [1.29, 1.82) is 0 Å². The first kappa shape index (κ1) is 18.4. The number of carbonyl (C=O) groups is 1. The molecule has 1 atom stereocenters. The highest BCUT2D eigenvalue weighted by Gasteiger charge is 2.42. The Hall–Kier alpha value is -1.40. The molecule has 6 heteroatoms. The largest absolute Gasteiger partial charge is 0.375 e. The van der Waals surface area contributed by atoms with E-state index in [9.17, 15) is 4.79 Å². The zero-order chi connectivity index (χ0) is 18.0. The molecule has 2 saturated heterocycles. The lowest BCUT2D eigenvalue weighted by atomic mass is 9.81. The van der Waals surface area contributed by atoms with Crippen LogP contribution in [0.15, 0.2) is 6.07 Å². The number of amides is 1. The number of aryl methyl sites for hydroxylation is 2. The average Bonchev–Trinajstić information content (AvgIpc) is 2.95. The van der Waals surface area contributed by atoms with E-state index < -0.39 is 0 Å². The Morgan fingerprint density at radius 1 is 1.36 bits per heavy atom. The van der Waals surface area contributed by atoms with Gasteiger partial charge in [-0.2, -0.15) is 5.10 Å². The zero-order valence-corrected chi connectivity index (χ0v) is 16.1. The molecular weight excluding hydrogens is 316 g/mol. The predicted octanol–water partition coefficient (Wildman–Crippen LogP) is 2.22. The van der Waals surface area contributed by atoms with Crippen LogP contribution < -0.4 is 0 Å². The maximum atomic E-state index is 12.7. The van der Waals surface area contributed by atoms with Crippen LogP contribution in [0, 0.1) is 6.92 Å². The minimum atomic E-state index is -0.0394. The minimum absolute atomic E-state index is 0.0394. The van der Waals surface area contributed by atoms with Gasteiger partial charge in [0.05, 0.1) is 5.60 Å². The molecule has 2 aliphatic rings. The third kappa shape index (κ3) is 3.75. The van der Waals surface area contributed by atoms with Crippen molar-refractivity contribution in [3.63, 3.8) is 0 Å². The number of nitrogens with zero attached hydrogens (tertiary/aromatic N) is 4. The zero-order valence-electron chi connectivity index (χ0n) is 16.1. The number of aromatic nitrogens is 2. The summed E-state index contributed by atoms with van der Waals surface area (Å²) >= 11 is 0. The number of hydrogen-bond acceptors (Lipinski definition) is 4. The summed E-state index contributed by atoms with van der Waals surface area (Å²) in [6, 6.07) is 2.49. The monoisotopic (exact) mass is 348 g/mol. The molecule has 2 aliphatic heterocycles. The summed E-state index contributed by atoms with van der Waals surface area (Å²) in [7, 11) is 1.88. The molecule has 2 fully saturated rings. The molecule has 1 spiro atoms. The van der Waals surface area contributed by atoms with Crippen LogP contribution in [0.5, 0.6) is 0 Å². The van der Waals surface area contributed by atoms with Gasteiger partial charge in [0.25, 0.3) is 5.91 Å². The Balaban J connectivity index is 1.61. The minimum Gasteiger partial charge on any atom is -0.375 e. The number of hydrogen-bond donors (Lipinski definition) is 0. The van der Waals surface area contributed by atoms with E-state index in [1.54, 1.807) is 4.68 Å². The van der Waals surface area contributed by atoms with Gasteiger partial charge in [-0.3, -0.25) is 9.48 Å². The fourth-order valence-electron chi connectivity index (χ4n) is 4.35. The molecular formula is C19H32N4O2. The average molecular weight is 348 g/mol. The molecule has 1 aromatic heterocycles. The number of rotatable bonds is 4. The molecule has 0 aliphatic carbocycles. The van der Waals surface area contributed by atoms with Crippen LogP contribution in [0.2, 0.25) is 0 Å². The summed E-state index contributed by atoms with van der Waals surface area (Å²) < 4.78 is 8.01. The molecule has 1 amide bonds. The van der Waals surface area contributed by atoms with Gasteiger partial charge < -0.3 is 14.5 Å². The summed E-state index contributed by atoms with van der Waals surface area (Å²) in [5.74, 6) is 0.0506. The van der Waals surface area contributed by atoms with Crippen molar-refractivity contribution in [3.05, 3.63) is 17.5 Å². The van der Waals surface area contributed by atoms with E-state index in [0.717, 1.165) is 64.2 Å². The molecule has 3 rings (SSSR count). The van der Waals surface area contributed by atoms with Gasteiger partial charge >= 0.3 is 0 Å². The lowest BCUT2D eigenvalue weighted by molar-refractivity contribution is -0.129. The van der Waals surface area contributed by atoms with E-state index in [1.165, 1.54) is 0 Å². The summed E-state index contributed by atoms with van der Waals surface area (Å²) in [5.41, 5.74) is 1.53. The van der Waals surface area contributed by atoms with Crippen LogP contribution in [0.4, 0.5) is 0 Å². The highest BCUT2D eigenvalue weighted by Crippen LogP contribution is 2.37. The molecule has 3 heterocycles. The first-order chi connectivity index (χ1) is 12.0. The Morgan fingerprint density at radius 2 is 2.04 bits per heavy atom. The van der Waals surface area contributed by atoms with Crippen molar-refractivity contribution in [2.75, 3.05) is 32.8 Å². The quantitative estimate of drug-likeness (QED) is 0.837. The second-order valence-electron chi connectivity index (χ2n) is 7.49. The number of likely N-dealkylation sites (tertiary alicyclic amines) is 1. The third-order valence-electron chi connectivity index (χ3n) is 6.09. The molecule has 25 heavy (non-hydrogen) atoms. The van der Waals surface area contributed by atoms with Crippen molar-refractivity contribution in [3.8, 4) is 0 Å². The maximum absolute atomic E-state index is 12.7. The van der Waals surface area contributed by atoms with E-state index in [4.69, 9.17) is 4.74 Å². The predicted molar refractivity (Wildman–Crippen MR) is 97.7 cm³/mol. The molecule has 1 unspecified atom stereocenters. The summed E-state index contributed by atoms with van der Waals surface area (Å²) in [5, 5.41) is 4.33. The summed E-state index contributed by atoms with van der Waals surface area (Å²) in [6.45, 7) is 11.0. The van der Waals surface area contributed by atoms with Crippen LogP contribution in [0.3, 0.4) is 0 Å². The molecule has 6 nitrogen and oxygen atoms in total. The van der Waals surface area contributed by atoms with Gasteiger partial charge in [0.1, 0.15) is 0 Å². The second kappa shape index (κ2) is 7.46. The molecule has 0 N–H and O–H groups in total. The van der Waals surface area contributed by atoms with Crippen LogP contribution in [-0.4, -0.2) is 69.9 Å². The first-order valence-corrected chi connectivity index (χ1v) is 9.66. The van der Waals surface area contributed by atoms with Gasteiger partial charge in [-0.25, -0.2) is 0 Å². The van der Waals surface area contributed by atoms with E-state index in [1.807, 2.05) is 24.9 Å². The second-order valence-corrected chi connectivity index (χ2v) is 7.49. The molecule has 0 bridgehead atoms. The van der Waals surface area contributed by atoms with Crippen LogP contribution in [0.1, 0.15) is 55.7 Å². The highest BCUT2D eigenvalue weighted by atomic mass is 16.5.